The van der Waals surface area contributed by atoms with E-state index in [1.807, 2.05) is 12.1 Å². The smallest absolute Gasteiger partial charge is 0.223 e. The lowest BCUT2D eigenvalue weighted by Gasteiger charge is -2.21. The molecular weight excluding hydrogens is 300 g/mol. The van der Waals surface area contributed by atoms with E-state index in [4.69, 9.17) is 5.73 Å². The number of hydrogen-bond donors (Lipinski definition) is 3. The second-order valence-electron chi connectivity index (χ2n) is 6.77. The Morgan fingerprint density at radius 3 is 2.59 bits per heavy atom. The van der Waals surface area contributed by atoms with Crippen LogP contribution in [0.3, 0.4) is 0 Å². The molecular formula is C17H25ClN2O2. The number of carbonyl (C=O) groups is 1. The molecule has 0 bridgehead atoms. The summed E-state index contributed by atoms with van der Waals surface area (Å²) >= 11 is 0. The van der Waals surface area contributed by atoms with Crippen molar-refractivity contribution in [1.82, 2.24) is 5.32 Å². The number of aryl methyl sites for hydroxylation is 1. The third-order valence-electron chi connectivity index (χ3n) is 4.98. The van der Waals surface area contributed by atoms with Crippen LogP contribution >= 0.6 is 12.4 Å². The van der Waals surface area contributed by atoms with Gasteiger partial charge in [-0.25, -0.2) is 0 Å². The molecule has 0 aromatic heterocycles. The van der Waals surface area contributed by atoms with E-state index < -0.39 is 6.10 Å². The number of halogens is 1. The van der Waals surface area contributed by atoms with Gasteiger partial charge in [0, 0.05) is 17.5 Å². The van der Waals surface area contributed by atoms with E-state index in [0.717, 1.165) is 19.3 Å². The van der Waals surface area contributed by atoms with Gasteiger partial charge < -0.3 is 16.2 Å². The molecule has 5 heteroatoms. The summed E-state index contributed by atoms with van der Waals surface area (Å²) in [6.07, 6.45) is 3.52. The Morgan fingerprint density at radius 2 is 2.05 bits per heavy atom. The summed E-state index contributed by atoms with van der Waals surface area (Å²) in [5.74, 6) is -0.0718. The predicted molar refractivity (Wildman–Crippen MR) is 88.9 cm³/mol. The normalized spacial score (nSPS) is 28.8. The number of aliphatic hydroxyl groups is 1. The topological polar surface area (TPSA) is 75.4 Å². The Hall–Kier alpha value is -1.10. The van der Waals surface area contributed by atoms with Crippen LogP contribution in [0.1, 0.15) is 36.8 Å². The van der Waals surface area contributed by atoms with Crippen molar-refractivity contribution in [2.75, 3.05) is 0 Å². The van der Waals surface area contributed by atoms with Crippen molar-refractivity contribution < 1.29 is 9.90 Å². The standard InChI is InChI=1S/C17H24N2O2.ClH/c1-11-4-2-3-5-12(11)10-17(6-7-17)19-16(21)13-8-14(18)15(20)9-13;/h2-5,13-15,20H,6-10,18H2,1H3,(H,19,21);1H/t13-,14-,15-;/m0./s1. The van der Waals surface area contributed by atoms with Gasteiger partial charge in [0.2, 0.25) is 5.91 Å². The van der Waals surface area contributed by atoms with Gasteiger partial charge in [-0.15, -0.1) is 12.4 Å². The molecule has 2 aliphatic carbocycles. The van der Waals surface area contributed by atoms with E-state index in [1.54, 1.807) is 0 Å². The van der Waals surface area contributed by atoms with Gasteiger partial charge in [0.15, 0.2) is 0 Å². The molecule has 3 rings (SSSR count). The van der Waals surface area contributed by atoms with E-state index in [0.29, 0.717) is 12.8 Å². The molecule has 1 aromatic carbocycles. The van der Waals surface area contributed by atoms with Crippen molar-refractivity contribution >= 4 is 18.3 Å². The van der Waals surface area contributed by atoms with Gasteiger partial charge in [-0.2, -0.15) is 0 Å². The Labute approximate surface area is 137 Å². The summed E-state index contributed by atoms with van der Waals surface area (Å²) in [5, 5.41) is 12.9. The highest BCUT2D eigenvalue weighted by atomic mass is 35.5. The van der Waals surface area contributed by atoms with Gasteiger partial charge in [-0.05, 0) is 50.2 Å². The van der Waals surface area contributed by atoms with Crippen molar-refractivity contribution in [1.29, 1.82) is 0 Å². The van der Waals surface area contributed by atoms with Crippen LogP contribution in [0.15, 0.2) is 24.3 Å². The first-order valence-electron chi connectivity index (χ1n) is 7.79. The molecule has 1 aromatic rings. The van der Waals surface area contributed by atoms with Gasteiger partial charge in [0.05, 0.1) is 6.10 Å². The highest BCUT2D eigenvalue weighted by molar-refractivity contribution is 5.85. The molecule has 0 heterocycles. The number of aliphatic hydroxyl groups excluding tert-OH is 1. The lowest BCUT2D eigenvalue weighted by Crippen LogP contribution is -2.42. The predicted octanol–water partition coefficient (Wildman–Crippen LogP) is 1.71. The molecule has 0 unspecified atom stereocenters. The molecule has 2 saturated carbocycles. The van der Waals surface area contributed by atoms with Crippen LogP contribution in [-0.2, 0) is 11.2 Å². The van der Waals surface area contributed by atoms with E-state index in [-0.39, 0.29) is 35.8 Å². The molecule has 0 saturated heterocycles. The summed E-state index contributed by atoms with van der Waals surface area (Å²) in [5.41, 5.74) is 8.31. The van der Waals surface area contributed by atoms with Crippen molar-refractivity contribution in [3.8, 4) is 0 Å². The largest absolute Gasteiger partial charge is 0.391 e. The Bertz CT molecular complexity index is 535. The monoisotopic (exact) mass is 324 g/mol. The molecule has 122 valence electrons. The summed E-state index contributed by atoms with van der Waals surface area (Å²) in [4.78, 5) is 12.4. The maximum absolute atomic E-state index is 12.4. The minimum absolute atomic E-state index is 0. The van der Waals surface area contributed by atoms with Crippen molar-refractivity contribution in [3.63, 3.8) is 0 Å². The minimum Gasteiger partial charge on any atom is -0.391 e. The zero-order valence-electron chi connectivity index (χ0n) is 12.9. The van der Waals surface area contributed by atoms with Gasteiger partial charge in [0.1, 0.15) is 0 Å². The van der Waals surface area contributed by atoms with E-state index in [2.05, 4.69) is 24.4 Å². The van der Waals surface area contributed by atoms with Gasteiger partial charge in [-0.1, -0.05) is 24.3 Å². The Morgan fingerprint density at radius 1 is 1.36 bits per heavy atom. The fraction of sp³-hybridized carbons (Fsp3) is 0.588. The molecule has 3 atom stereocenters. The zero-order chi connectivity index (χ0) is 15.0. The number of amides is 1. The first-order valence-corrected chi connectivity index (χ1v) is 7.79. The second-order valence-corrected chi connectivity index (χ2v) is 6.77. The van der Waals surface area contributed by atoms with E-state index >= 15 is 0 Å². The summed E-state index contributed by atoms with van der Waals surface area (Å²) in [7, 11) is 0. The Kier molecular flexibility index (Phi) is 5.15. The highest BCUT2D eigenvalue weighted by Crippen LogP contribution is 2.40. The average Bonchev–Trinajstić information content (AvgIpc) is 3.11. The lowest BCUT2D eigenvalue weighted by atomic mass is 9.98. The number of hydrogen-bond acceptors (Lipinski definition) is 3. The summed E-state index contributed by atoms with van der Waals surface area (Å²) in [6, 6.07) is 8.08. The van der Waals surface area contributed by atoms with Crippen LogP contribution in [0.4, 0.5) is 0 Å². The fourth-order valence-electron chi connectivity index (χ4n) is 3.30. The van der Waals surface area contributed by atoms with E-state index in [1.165, 1.54) is 11.1 Å². The van der Waals surface area contributed by atoms with Crippen LogP contribution < -0.4 is 11.1 Å². The van der Waals surface area contributed by atoms with Gasteiger partial charge in [-0.3, -0.25) is 4.79 Å². The van der Waals surface area contributed by atoms with Crippen LogP contribution in [0.2, 0.25) is 0 Å². The van der Waals surface area contributed by atoms with Gasteiger partial charge in [0.25, 0.3) is 0 Å². The number of benzene rings is 1. The quantitative estimate of drug-likeness (QED) is 0.789. The molecule has 22 heavy (non-hydrogen) atoms. The van der Waals surface area contributed by atoms with Crippen LogP contribution in [-0.4, -0.2) is 28.7 Å². The second kappa shape index (κ2) is 6.57. The van der Waals surface area contributed by atoms with Crippen molar-refractivity contribution in [2.45, 2.75) is 56.7 Å². The van der Waals surface area contributed by atoms with Crippen molar-refractivity contribution in [2.24, 2.45) is 11.7 Å². The molecule has 2 aliphatic rings. The number of nitrogens with two attached hydrogens (primary N) is 1. The molecule has 0 radical (unpaired) electrons. The SMILES string of the molecule is Cc1ccccc1CC1(NC(=O)[C@H]2C[C@H](N)[C@@H](O)C2)CC1.Cl. The maximum Gasteiger partial charge on any atom is 0.223 e. The van der Waals surface area contributed by atoms with Crippen LogP contribution in [0.25, 0.3) is 0 Å². The molecule has 4 nitrogen and oxygen atoms in total. The molecule has 1 amide bonds. The van der Waals surface area contributed by atoms with Crippen LogP contribution in [0, 0.1) is 12.8 Å². The lowest BCUT2D eigenvalue weighted by molar-refractivity contribution is -0.126. The fourth-order valence-corrected chi connectivity index (χ4v) is 3.30. The first kappa shape index (κ1) is 17.3. The van der Waals surface area contributed by atoms with Crippen LogP contribution in [0.5, 0.6) is 0 Å². The summed E-state index contributed by atoms with van der Waals surface area (Å²) < 4.78 is 0. The van der Waals surface area contributed by atoms with E-state index in [9.17, 15) is 9.90 Å². The van der Waals surface area contributed by atoms with Gasteiger partial charge >= 0.3 is 0 Å². The maximum atomic E-state index is 12.4. The number of nitrogens with one attached hydrogen (secondary N) is 1. The molecule has 2 fully saturated rings. The highest BCUT2D eigenvalue weighted by Gasteiger charge is 2.46. The Balaban J connectivity index is 0.00000176. The number of rotatable bonds is 4. The third kappa shape index (κ3) is 3.62. The molecule has 4 N–H and O–H groups in total. The zero-order valence-corrected chi connectivity index (χ0v) is 13.7. The average molecular weight is 325 g/mol. The first-order chi connectivity index (χ1) is 9.99. The molecule has 0 spiro atoms. The molecule has 0 aliphatic heterocycles. The third-order valence-corrected chi connectivity index (χ3v) is 4.98. The number of carbonyl (C=O) groups excluding carboxylic acids is 1. The minimum atomic E-state index is -0.535. The van der Waals surface area contributed by atoms with Crippen molar-refractivity contribution in [3.05, 3.63) is 35.4 Å². The summed E-state index contributed by atoms with van der Waals surface area (Å²) in [6.45, 7) is 2.11.